The smallest absolute Gasteiger partial charge is 0.262 e. The first-order chi connectivity index (χ1) is 13.9. The summed E-state index contributed by atoms with van der Waals surface area (Å²) in [6, 6.07) is 8.47. The Labute approximate surface area is 174 Å². The lowest BCUT2D eigenvalue weighted by Gasteiger charge is -2.36. The summed E-state index contributed by atoms with van der Waals surface area (Å²) in [6.07, 6.45) is 1.89. The number of carbonyl (C=O) groups excluding carboxylic acids is 1. The second kappa shape index (κ2) is 7.99. The van der Waals surface area contributed by atoms with Gasteiger partial charge < -0.3 is 9.80 Å². The van der Waals surface area contributed by atoms with Gasteiger partial charge in [0, 0.05) is 49.7 Å². The van der Waals surface area contributed by atoms with Gasteiger partial charge in [-0.1, -0.05) is 12.1 Å². The zero-order valence-electron chi connectivity index (χ0n) is 17.1. The van der Waals surface area contributed by atoms with Crippen molar-refractivity contribution in [2.45, 2.75) is 33.7 Å². The van der Waals surface area contributed by atoms with Gasteiger partial charge in [-0.05, 0) is 44.0 Å². The average Bonchev–Trinajstić information content (AvgIpc) is 3.02. The highest BCUT2D eigenvalue weighted by atomic mass is 32.1. The van der Waals surface area contributed by atoms with Crippen LogP contribution < -0.4 is 10.5 Å². The molecule has 152 valence electrons. The largest absolute Gasteiger partial charge is 0.368 e. The molecule has 4 rings (SSSR count). The van der Waals surface area contributed by atoms with Crippen molar-refractivity contribution in [3.63, 3.8) is 0 Å². The van der Waals surface area contributed by atoms with Gasteiger partial charge in [0.05, 0.1) is 11.7 Å². The molecule has 0 N–H and O–H groups in total. The summed E-state index contributed by atoms with van der Waals surface area (Å²) in [5.74, 6) is 0.0964. The van der Waals surface area contributed by atoms with Crippen molar-refractivity contribution in [3.05, 3.63) is 57.0 Å². The first-order valence-corrected chi connectivity index (χ1v) is 10.8. The summed E-state index contributed by atoms with van der Waals surface area (Å²) in [7, 11) is 0. The normalized spacial score (nSPS) is 14.6. The fraction of sp³-hybridized carbons (Fsp3) is 0.409. The Kier molecular flexibility index (Phi) is 5.41. The molecule has 1 aromatic carbocycles. The summed E-state index contributed by atoms with van der Waals surface area (Å²) in [5, 5.41) is 0.689. The number of nitrogens with zero attached hydrogens (tertiary/aromatic N) is 4. The van der Waals surface area contributed by atoms with Crippen molar-refractivity contribution in [2.75, 3.05) is 31.1 Å². The molecule has 1 fully saturated rings. The summed E-state index contributed by atoms with van der Waals surface area (Å²) < 4.78 is 1.57. The van der Waals surface area contributed by atoms with Crippen molar-refractivity contribution in [2.24, 2.45) is 0 Å². The lowest BCUT2D eigenvalue weighted by atomic mass is 10.2. The molecule has 3 heterocycles. The van der Waals surface area contributed by atoms with Gasteiger partial charge in [0.2, 0.25) is 5.91 Å². The molecule has 1 aliphatic rings. The molecule has 1 aliphatic heterocycles. The number of amides is 1. The molecule has 2 aromatic heterocycles. The minimum absolute atomic E-state index is 0.0473. The van der Waals surface area contributed by atoms with Crippen LogP contribution in [0.4, 0.5) is 5.69 Å². The van der Waals surface area contributed by atoms with Crippen LogP contribution in [0, 0.1) is 20.8 Å². The van der Waals surface area contributed by atoms with Crippen LogP contribution in [0.25, 0.3) is 10.2 Å². The second-order valence-electron chi connectivity index (χ2n) is 7.66. The number of hydrogen-bond acceptors (Lipinski definition) is 5. The van der Waals surface area contributed by atoms with Crippen LogP contribution in [0.2, 0.25) is 0 Å². The van der Waals surface area contributed by atoms with E-state index < -0.39 is 0 Å². The van der Waals surface area contributed by atoms with E-state index in [0.29, 0.717) is 31.4 Å². The van der Waals surface area contributed by atoms with Gasteiger partial charge in [-0.3, -0.25) is 14.2 Å². The summed E-state index contributed by atoms with van der Waals surface area (Å²) in [4.78, 5) is 36.0. The number of benzene rings is 1. The van der Waals surface area contributed by atoms with Crippen molar-refractivity contribution in [3.8, 4) is 0 Å². The van der Waals surface area contributed by atoms with E-state index in [1.807, 2.05) is 18.7 Å². The molecular weight excluding hydrogens is 384 g/mol. The van der Waals surface area contributed by atoms with E-state index in [4.69, 9.17) is 0 Å². The lowest BCUT2D eigenvalue weighted by molar-refractivity contribution is -0.131. The van der Waals surface area contributed by atoms with E-state index in [1.54, 1.807) is 22.2 Å². The molecule has 0 radical (unpaired) electrons. The highest BCUT2D eigenvalue weighted by molar-refractivity contribution is 7.18. The van der Waals surface area contributed by atoms with Crippen molar-refractivity contribution in [1.82, 2.24) is 14.5 Å². The van der Waals surface area contributed by atoms with E-state index in [-0.39, 0.29) is 11.5 Å². The molecule has 0 bridgehead atoms. The van der Waals surface area contributed by atoms with Crippen molar-refractivity contribution in [1.29, 1.82) is 0 Å². The molecule has 0 aliphatic carbocycles. The predicted octanol–water partition coefficient (Wildman–Crippen LogP) is 3.12. The maximum Gasteiger partial charge on any atom is 0.262 e. The lowest BCUT2D eigenvalue weighted by Crippen LogP contribution is -2.49. The Morgan fingerprint density at radius 2 is 1.90 bits per heavy atom. The highest BCUT2D eigenvalue weighted by Crippen LogP contribution is 2.25. The van der Waals surface area contributed by atoms with Gasteiger partial charge in [-0.2, -0.15) is 0 Å². The van der Waals surface area contributed by atoms with Crippen LogP contribution in [-0.2, 0) is 11.3 Å². The molecule has 0 atom stereocenters. The molecule has 7 heteroatoms. The van der Waals surface area contributed by atoms with Gasteiger partial charge in [0.25, 0.3) is 5.56 Å². The molecule has 1 amide bonds. The zero-order valence-corrected chi connectivity index (χ0v) is 18.0. The fourth-order valence-corrected chi connectivity index (χ4v) is 4.83. The Morgan fingerprint density at radius 3 is 2.62 bits per heavy atom. The monoisotopic (exact) mass is 410 g/mol. The van der Waals surface area contributed by atoms with Crippen LogP contribution in [-0.4, -0.2) is 46.5 Å². The first-order valence-electron chi connectivity index (χ1n) is 9.98. The van der Waals surface area contributed by atoms with E-state index >= 15 is 0 Å². The Balaban J connectivity index is 1.37. The van der Waals surface area contributed by atoms with Gasteiger partial charge >= 0.3 is 0 Å². The maximum absolute atomic E-state index is 12.8. The van der Waals surface area contributed by atoms with E-state index in [9.17, 15) is 9.59 Å². The number of piperazine rings is 1. The van der Waals surface area contributed by atoms with E-state index in [2.05, 4.69) is 41.1 Å². The number of aromatic nitrogens is 2. The minimum atomic E-state index is -0.0473. The third-order valence-electron chi connectivity index (χ3n) is 5.72. The molecule has 1 saturated heterocycles. The number of rotatable bonds is 4. The molecular formula is C22H26N4O2S. The summed E-state index contributed by atoms with van der Waals surface area (Å²) in [6.45, 7) is 9.50. The molecule has 0 saturated carbocycles. The second-order valence-corrected chi connectivity index (χ2v) is 8.87. The SMILES string of the molecule is Cc1cccc(N2CCN(C(=O)CCn3cnc4sc(C)c(C)c4c3=O)CC2)c1. The van der Waals surface area contributed by atoms with Crippen molar-refractivity contribution < 1.29 is 4.79 Å². The zero-order chi connectivity index (χ0) is 20.5. The summed E-state index contributed by atoms with van der Waals surface area (Å²) in [5.41, 5.74) is 3.40. The predicted molar refractivity (Wildman–Crippen MR) is 118 cm³/mol. The number of anilines is 1. The van der Waals surface area contributed by atoms with Gasteiger partial charge in [-0.15, -0.1) is 11.3 Å². The van der Waals surface area contributed by atoms with Crippen LogP contribution in [0.5, 0.6) is 0 Å². The third-order valence-corrected chi connectivity index (χ3v) is 6.84. The number of thiophene rings is 1. The van der Waals surface area contributed by atoms with Crippen LogP contribution in [0.3, 0.4) is 0 Å². The maximum atomic E-state index is 12.8. The number of aryl methyl sites for hydroxylation is 4. The molecule has 0 unspecified atom stereocenters. The number of carbonyl (C=O) groups is 1. The van der Waals surface area contributed by atoms with Gasteiger partial charge in [0.15, 0.2) is 0 Å². The Morgan fingerprint density at radius 1 is 1.14 bits per heavy atom. The topological polar surface area (TPSA) is 58.4 Å². The van der Waals surface area contributed by atoms with E-state index in [0.717, 1.165) is 28.4 Å². The average molecular weight is 411 g/mol. The van der Waals surface area contributed by atoms with Gasteiger partial charge in [0.1, 0.15) is 4.83 Å². The standard InChI is InChI=1S/C22H26N4O2S/c1-15-5-4-6-18(13-15)24-9-11-25(12-10-24)19(27)7-8-26-14-23-21-20(22(26)28)16(2)17(3)29-21/h4-6,13-14H,7-12H2,1-3H3. The summed E-state index contributed by atoms with van der Waals surface area (Å²) >= 11 is 1.54. The Hall–Kier alpha value is -2.67. The highest BCUT2D eigenvalue weighted by Gasteiger charge is 2.21. The van der Waals surface area contributed by atoms with Crippen LogP contribution in [0.15, 0.2) is 35.4 Å². The van der Waals surface area contributed by atoms with Gasteiger partial charge in [-0.25, -0.2) is 4.98 Å². The third kappa shape index (κ3) is 3.92. The molecule has 29 heavy (non-hydrogen) atoms. The minimum Gasteiger partial charge on any atom is -0.368 e. The van der Waals surface area contributed by atoms with E-state index in [1.165, 1.54) is 11.3 Å². The van der Waals surface area contributed by atoms with Crippen LogP contribution in [0.1, 0.15) is 22.4 Å². The number of hydrogen-bond donors (Lipinski definition) is 0. The quantitative estimate of drug-likeness (QED) is 0.663. The van der Waals surface area contributed by atoms with Crippen LogP contribution >= 0.6 is 11.3 Å². The Bertz CT molecular complexity index is 1110. The first kappa shape index (κ1) is 19.6. The van der Waals surface area contributed by atoms with Crippen molar-refractivity contribution >= 4 is 33.1 Å². The fourth-order valence-electron chi connectivity index (χ4n) is 3.84. The number of fused-ring (bicyclic) bond motifs is 1. The molecule has 0 spiro atoms. The molecule has 6 nitrogen and oxygen atoms in total. The molecule has 3 aromatic rings.